The molecule has 0 saturated heterocycles. The van der Waals surface area contributed by atoms with Crippen LogP contribution in [0.25, 0.3) is 22.3 Å². The van der Waals surface area contributed by atoms with E-state index >= 15 is 0 Å². The predicted octanol–water partition coefficient (Wildman–Crippen LogP) is 6.62. The maximum absolute atomic E-state index is 13.2. The Hall–Kier alpha value is -4.36. The number of halogens is 1. The van der Waals surface area contributed by atoms with Gasteiger partial charge in [0.2, 0.25) is 5.78 Å². The molecular formula is C27H19ClN2O5. The van der Waals surface area contributed by atoms with Gasteiger partial charge in [-0.25, -0.2) is 0 Å². The SMILES string of the molecule is CCOc1ccc(-c2cc(C(=O)Nc3c(C(=O)c4ccc(Cl)cc4)oc4ccccc34)no2)cc1. The van der Waals surface area contributed by atoms with Gasteiger partial charge in [0, 0.05) is 27.6 Å². The minimum atomic E-state index is -0.539. The summed E-state index contributed by atoms with van der Waals surface area (Å²) in [6.07, 6.45) is 0. The number of anilines is 1. The molecule has 0 atom stereocenters. The van der Waals surface area contributed by atoms with Gasteiger partial charge in [-0.05, 0) is 67.6 Å². The number of ketones is 1. The van der Waals surface area contributed by atoms with Gasteiger partial charge in [-0.2, -0.15) is 0 Å². The van der Waals surface area contributed by atoms with Crippen LogP contribution in [0.2, 0.25) is 5.02 Å². The van der Waals surface area contributed by atoms with Crippen molar-refractivity contribution in [3.63, 3.8) is 0 Å². The zero-order chi connectivity index (χ0) is 24.4. The fraction of sp³-hybridized carbons (Fsp3) is 0.0741. The second kappa shape index (κ2) is 9.48. The third-order valence-electron chi connectivity index (χ3n) is 5.34. The van der Waals surface area contributed by atoms with Gasteiger partial charge < -0.3 is 19.0 Å². The molecule has 0 radical (unpaired) electrons. The number of nitrogens with zero attached hydrogens (tertiary/aromatic N) is 1. The van der Waals surface area contributed by atoms with Crippen molar-refractivity contribution in [2.75, 3.05) is 11.9 Å². The molecule has 5 aromatic rings. The maximum Gasteiger partial charge on any atom is 0.277 e. The zero-order valence-corrected chi connectivity index (χ0v) is 19.3. The summed E-state index contributed by atoms with van der Waals surface area (Å²) in [6.45, 7) is 2.48. The molecule has 2 aromatic heterocycles. The lowest BCUT2D eigenvalue weighted by atomic mass is 10.1. The van der Waals surface area contributed by atoms with E-state index in [1.54, 1.807) is 48.5 Å². The fourth-order valence-electron chi connectivity index (χ4n) is 3.64. The largest absolute Gasteiger partial charge is 0.494 e. The number of carbonyl (C=O) groups is 2. The van der Waals surface area contributed by atoms with Crippen LogP contribution in [0.3, 0.4) is 0 Å². The number of aromatic nitrogens is 1. The third kappa shape index (κ3) is 4.54. The van der Waals surface area contributed by atoms with E-state index < -0.39 is 5.91 Å². The zero-order valence-electron chi connectivity index (χ0n) is 18.6. The number of rotatable bonds is 7. The first kappa shape index (κ1) is 22.4. The van der Waals surface area contributed by atoms with E-state index in [1.165, 1.54) is 6.07 Å². The van der Waals surface area contributed by atoms with E-state index in [1.807, 2.05) is 31.2 Å². The Morgan fingerprint density at radius 3 is 2.49 bits per heavy atom. The fourth-order valence-corrected chi connectivity index (χ4v) is 3.77. The number of carbonyl (C=O) groups excluding carboxylic acids is 2. The Morgan fingerprint density at radius 1 is 1.00 bits per heavy atom. The molecule has 7 nitrogen and oxygen atoms in total. The minimum absolute atomic E-state index is 0.0112. The number of amides is 1. The normalized spacial score (nSPS) is 10.9. The molecular weight excluding hydrogens is 468 g/mol. The molecule has 8 heteroatoms. The van der Waals surface area contributed by atoms with Crippen LogP contribution in [0.4, 0.5) is 5.69 Å². The number of nitrogens with one attached hydrogen (secondary N) is 1. The summed E-state index contributed by atoms with van der Waals surface area (Å²) in [7, 11) is 0. The molecule has 0 saturated carbocycles. The quantitative estimate of drug-likeness (QED) is 0.260. The van der Waals surface area contributed by atoms with Crippen LogP contribution in [0.1, 0.15) is 33.5 Å². The highest BCUT2D eigenvalue weighted by Gasteiger charge is 2.25. The molecule has 2 heterocycles. The van der Waals surface area contributed by atoms with Crippen molar-refractivity contribution in [3.05, 3.63) is 101 Å². The number of hydrogen-bond acceptors (Lipinski definition) is 6. The summed E-state index contributed by atoms with van der Waals surface area (Å²) in [4.78, 5) is 26.3. The minimum Gasteiger partial charge on any atom is -0.494 e. The van der Waals surface area contributed by atoms with Gasteiger partial charge in [0.1, 0.15) is 11.3 Å². The molecule has 3 aromatic carbocycles. The lowest BCUT2D eigenvalue weighted by molar-refractivity contribution is 0.101. The molecule has 0 bridgehead atoms. The first-order chi connectivity index (χ1) is 17.0. The topological polar surface area (TPSA) is 94.6 Å². The second-order valence-electron chi connectivity index (χ2n) is 7.63. The van der Waals surface area contributed by atoms with Gasteiger partial charge in [-0.1, -0.05) is 28.9 Å². The standard InChI is InChI=1S/C27H19ClN2O5/c1-2-33-19-13-9-16(10-14-19)23-15-21(30-35-23)27(32)29-24-20-5-3-4-6-22(20)34-26(24)25(31)17-7-11-18(28)12-8-17/h3-15H,2H2,1H3,(H,29,32). The number of hydrogen-bond donors (Lipinski definition) is 1. The highest BCUT2D eigenvalue weighted by Crippen LogP contribution is 2.33. The molecule has 0 aliphatic carbocycles. The summed E-state index contributed by atoms with van der Waals surface area (Å²) < 4.78 is 16.7. The molecule has 0 fully saturated rings. The molecule has 0 aliphatic heterocycles. The van der Waals surface area contributed by atoms with Gasteiger partial charge in [0.15, 0.2) is 17.2 Å². The Bertz CT molecular complexity index is 1520. The van der Waals surface area contributed by atoms with Gasteiger partial charge in [0.25, 0.3) is 5.91 Å². The Kier molecular flexibility index (Phi) is 6.08. The first-order valence-corrected chi connectivity index (χ1v) is 11.2. The second-order valence-corrected chi connectivity index (χ2v) is 8.06. The van der Waals surface area contributed by atoms with Gasteiger partial charge in [-0.15, -0.1) is 0 Å². The molecule has 5 rings (SSSR count). The Morgan fingerprint density at radius 2 is 1.74 bits per heavy atom. The molecule has 0 aliphatic rings. The number of para-hydroxylation sites is 1. The molecule has 174 valence electrons. The Labute approximate surface area is 205 Å². The van der Waals surface area contributed by atoms with Crippen molar-refractivity contribution in [1.29, 1.82) is 0 Å². The lowest BCUT2D eigenvalue weighted by Gasteiger charge is -2.04. The number of fused-ring (bicyclic) bond motifs is 1. The van der Waals surface area contributed by atoms with Crippen LogP contribution < -0.4 is 10.1 Å². The summed E-state index contributed by atoms with van der Waals surface area (Å²) in [6, 6.07) is 22.3. The average Bonchev–Trinajstić information content (AvgIpc) is 3.51. The summed E-state index contributed by atoms with van der Waals surface area (Å²) >= 11 is 5.95. The molecule has 1 amide bonds. The molecule has 0 spiro atoms. The van der Waals surface area contributed by atoms with E-state index in [4.69, 9.17) is 25.3 Å². The average molecular weight is 487 g/mol. The maximum atomic E-state index is 13.2. The van der Waals surface area contributed by atoms with E-state index in [2.05, 4.69) is 10.5 Å². The summed E-state index contributed by atoms with van der Waals surface area (Å²) in [5.74, 6) is 0.245. The highest BCUT2D eigenvalue weighted by atomic mass is 35.5. The van der Waals surface area contributed by atoms with E-state index in [0.29, 0.717) is 33.9 Å². The molecule has 1 N–H and O–H groups in total. The smallest absolute Gasteiger partial charge is 0.277 e. The van der Waals surface area contributed by atoms with Crippen LogP contribution in [-0.4, -0.2) is 23.5 Å². The van der Waals surface area contributed by atoms with Crippen LogP contribution in [-0.2, 0) is 0 Å². The first-order valence-electron chi connectivity index (χ1n) is 10.9. The highest BCUT2D eigenvalue weighted by molar-refractivity contribution is 6.30. The van der Waals surface area contributed by atoms with E-state index in [-0.39, 0.29) is 22.9 Å². The van der Waals surface area contributed by atoms with Crippen LogP contribution in [0.5, 0.6) is 5.75 Å². The Balaban J connectivity index is 1.44. The van der Waals surface area contributed by atoms with Gasteiger partial charge in [-0.3, -0.25) is 9.59 Å². The van der Waals surface area contributed by atoms with Gasteiger partial charge >= 0.3 is 0 Å². The summed E-state index contributed by atoms with van der Waals surface area (Å²) in [5.41, 5.74) is 1.91. The van der Waals surface area contributed by atoms with Crippen molar-refractivity contribution >= 4 is 39.9 Å². The van der Waals surface area contributed by atoms with Crippen LogP contribution in [0.15, 0.2) is 87.8 Å². The van der Waals surface area contributed by atoms with Crippen molar-refractivity contribution in [2.24, 2.45) is 0 Å². The van der Waals surface area contributed by atoms with Crippen LogP contribution >= 0.6 is 11.6 Å². The lowest BCUT2D eigenvalue weighted by Crippen LogP contribution is -2.14. The van der Waals surface area contributed by atoms with Gasteiger partial charge in [0.05, 0.1) is 12.3 Å². The number of benzene rings is 3. The van der Waals surface area contributed by atoms with E-state index in [9.17, 15) is 9.59 Å². The van der Waals surface area contributed by atoms with Crippen molar-refractivity contribution in [1.82, 2.24) is 5.16 Å². The van der Waals surface area contributed by atoms with Crippen molar-refractivity contribution in [3.8, 4) is 17.1 Å². The monoisotopic (exact) mass is 486 g/mol. The van der Waals surface area contributed by atoms with Crippen molar-refractivity contribution < 1.29 is 23.3 Å². The van der Waals surface area contributed by atoms with Crippen molar-refractivity contribution in [2.45, 2.75) is 6.92 Å². The number of furan rings is 1. The summed E-state index contributed by atoms with van der Waals surface area (Å²) in [5, 5.41) is 7.79. The number of ether oxygens (including phenoxy) is 1. The predicted molar refractivity (Wildman–Crippen MR) is 132 cm³/mol. The molecule has 35 heavy (non-hydrogen) atoms. The van der Waals surface area contributed by atoms with Crippen LogP contribution in [0, 0.1) is 0 Å². The van der Waals surface area contributed by atoms with E-state index in [0.717, 1.165) is 11.3 Å². The molecule has 0 unspecified atom stereocenters. The third-order valence-corrected chi connectivity index (χ3v) is 5.59.